The molecule has 1 amide bonds. The summed E-state index contributed by atoms with van der Waals surface area (Å²) in [7, 11) is 1.54. The number of ether oxygens (including phenoxy) is 1. The molecule has 2 aromatic rings. The number of benzene rings is 2. The maximum Gasteiger partial charge on any atom is 0.420 e. The minimum Gasteiger partial charge on any atom is -0.456 e. The van der Waals surface area contributed by atoms with E-state index in [-0.39, 0.29) is 17.2 Å². The highest BCUT2D eigenvalue weighted by Gasteiger charge is 2.35. The zero-order valence-electron chi connectivity index (χ0n) is 13.4. The van der Waals surface area contributed by atoms with Crippen molar-refractivity contribution in [3.63, 3.8) is 0 Å². The van der Waals surface area contributed by atoms with Crippen LogP contribution in [0.15, 0.2) is 42.5 Å². The molecule has 2 rings (SSSR count). The number of alkyl halides is 3. The van der Waals surface area contributed by atoms with Gasteiger partial charge in [0.05, 0.1) is 11.1 Å². The van der Waals surface area contributed by atoms with Crippen molar-refractivity contribution in [2.75, 3.05) is 7.05 Å². The fraction of sp³-hybridized carbons (Fsp3) is 0.222. The summed E-state index contributed by atoms with van der Waals surface area (Å²) in [5.41, 5.74) is -0.352. The number of amides is 1. The molecule has 0 radical (unpaired) electrons. The number of halogens is 3. The smallest absolute Gasteiger partial charge is 0.420 e. The summed E-state index contributed by atoms with van der Waals surface area (Å²) in [6.07, 6.45) is -3.51. The van der Waals surface area contributed by atoms with E-state index in [1.54, 1.807) is 19.2 Å². The minimum absolute atomic E-state index is 0.102. The number of hydrogen-bond acceptors (Lipinski definition) is 3. The van der Waals surface area contributed by atoms with Gasteiger partial charge < -0.3 is 10.1 Å². The zero-order valence-corrected chi connectivity index (χ0v) is 13.4. The first-order chi connectivity index (χ1) is 11.8. The molecule has 0 spiro atoms. The molecule has 0 aromatic heterocycles. The van der Waals surface area contributed by atoms with Gasteiger partial charge in [-0.25, -0.2) is 0 Å². The summed E-state index contributed by atoms with van der Waals surface area (Å²) >= 11 is 0. The molecule has 0 fully saturated rings. The summed E-state index contributed by atoms with van der Waals surface area (Å²) in [6, 6.07) is 9.60. The van der Waals surface area contributed by atoms with Crippen LogP contribution in [0.3, 0.4) is 0 Å². The Kier molecular flexibility index (Phi) is 5.80. The molecule has 132 valence electrons. The second-order valence-electron chi connectivity index (χ2n) is 5.26. The molecule has 0 saturated carbocycles. The third-order valence-corrected chi connectivity index (χ3v) is 3.54. The summed E-state index contributed by atoms with van der Waals surface area (Å²) in [4.78, 5) is 22.3. The van der Waals surface area contributed by atoms with Gasteiger partial charge in [0, 0.05) is 13.5 Å². The maximum atomic E-state index is 13.1. The highest BCUT2D eigenvalue weighted by Crippen LogP contribution is 2.39. The highest BCUT2D eigenvalue weighted by molar-refractivity contribution is 5.80. The third kappa shape index (κ3) is 4.82. The Balaban J connectivity index is 2.22. The van der Waals surface area contributed by atoms with Gasteiger partial charge in [-0.05, 0) is 36.2 Å². The summed E-state index contributed by atoms with van der Waals surface area (Å²) < 4.78 is 44.7. The first-order valence-electron chi connectivity index (χ1n) is 7.48. The number of aldehydes is 1. The molecule has 0 aliphatic carbocycles. The number of hydrogen-bond donors (Lipinski definition) is 1. The van der Waals surface area contributed by atoms with Crippen molar-refractivity contribution in [3.05, 3.63) is 59.2 Å². The predicted octanol–water partition coefficient (Wildman–Crippen LogP) is 3.99. The lowest BCUT2D eigenvalue weighted by atomic mass is 10.1. The number of carbonyl (C=O) groups is 2. The largest absolute Gasteiger partial charge is 0.456 e. The Hall–Kier alpha value is -2.83. The lowest BCUT2D eigenvalue weighted by Gasteiger charge is -2.15. The van der Waals surface area contributed by atoms with Gasteiger partial charge in [-0.2, -0.15) is 13.2 Å². The average molecular weight is 351 g/mol. The number of para-hydroxylation sites is 1. The lowest BCUT2D eigenvalue weighted by molar-refractivity contribution is -0.138. The van der Waals surface area contributed by atoms with Gasteiger partial charge in [0.15, 0.2) is 6.29 Å². The predicted molar refractivity (Wildman–Crippen MR) is 85.7 cm³/mol. The Morgan fingerprint density at radius 2 is 1.84 bits per heavy atom. The number of nitrogens with one attached hydrogen (secondary N) is 1. The van der Waals surface area contributed by atoms with Crippen LogP contribution in [0.5, 0.6) is 11.5 Å². The summed E-state index contributed by atoms with van der Waals surface area (Å²) in [6.45, 7) is 0. The SMILES string of the molecule is CNC(=O)CCc1ccc(Oc2c(C=O)cccc2C(F)(F)F)cc1. The Labute approximate surface area is 142 Å². The Morgan fingerprint density at radius 3 is 2.40 bits per heavy atom. The quantitative estimate of drug-likeness (QED) is 0.801. The van der Waals surface area contributed by atoms with Crippen molar-refractivity contribution in [1.82, 2.24) is 5.32 Å². The zero-order chi connectivity index (χ0) is 18.4. The average Bonchev–Trinajstić information content (AvgIpc) is 2.60. The Morgan fingerprint density at radius 1 is 1.16 bits per heavy atom. The van der Waals surface area contributed by atoms with Gasteiger partial charge in [-0.15, -0.1) is 0 Å². The van der Waals surface area contributed by atoms with E-state index in [9.17, 15) is 22.8 Å². The molecule has 0 unspecified atom stereocenters. The minimum atomic E-state index is -4.64. The van der Waals surface area contributed by atoms with Crippen LogP contribution in [0, 0.1) is 0 Å². The molecule has 7 heteroatoms. The second-order valence-corrected chi connectivity index (χ2v) is 5.26. The van der Waals surface area contributed by atoms with E-state index in [2.05, 4.69) is 5.32 Å². The van der Waals surface area contributed by atoms with Crippen molar-refractivity contribution in [2.45, 2.75) is 19.0 Å². The van der Waals surface area contributed by atoms with Crippen LogP contribution < -0.4 is 10.1 Å². The second kappa shape index (κ2) is 7.83. The molecule has 25 heavy (non-hydrogen) atoms. The van der Waals surface area contributed by atoms with E-state index < -0.39 is 17.5 Å². The Bertz CT molecular complexity index is 755. The molecule has 0 atom stereocenters. The molecule has 0 aliphatic heterocycles. The van der Waals surface area contributed by atoms with Crippen molar-refractivity contribution in [3.8, 4) is 11.5 Å². The summed E-state index contributed by atoms with van der Waals surface area (Å²) in [5.74, 6) is -0.457. The number of rotatable bonds is 6. The molecule has 0 saturated heterocycles. The molecular formula is C18H16F3NO3. The van der Waals surface area contributed by atoms with Crippen LogP contribution in [0.4, 0.5) is 13.2 Å². The topological polar surface area (TPSA) is 55.4 Å². The fourth-order valence-electron chi connectivity index (χ4n) is 2.21. The van der Waals surface area contributed by atoms with E-state index in [0.29, 0.717) is 19.1 Å². The first kappa shape index (κ1) is 18.5. The number of aryl methyl sites for hydroxylation is 1. The van der Waals surface area contributed by atoms with Crippen molar-refractivity contribution in [1.29, 1.82) is 0 Å². The van der Waals surface area contributed by atoms with Crippen molar-refractivity contribution in [2.24, 2.45) is 0 Å². The van der Waals surface area contributed by atoms with Crippen LogP contribution in [0.1, 0.15) is 27.9 Å². The van der Waals surface area contributed by atoms with E-state index in [1.807, 2.05) is 0 Å². The van der Waals surface area contributed by atoms with Gasteiger partial charge in [-0.1, -0.05) is 18.2 Å². The molecule has 1 N–H and O–H groups in total. The number of carbonyl (C=O) groups excluding carboxylic acids is 2. The molecule has 0 aliphatic rings. The highest BCUT2D eigenvalue weighted by atomic mass is 19.4. The first-order valence-corrected chi connectivity index (χ1v) is 7.48. The normalized spacial score (nSPS) is 11.0. The van der Waals surface area contributed by atoms with Crippen molar-refractivity contribution >= 4 is 12.2 Å². The standard InChI is InChI=1S/C18H16F3NO3/c1-22-16(24)10-7-12-5-8-14(9-6-12)25-17-13(11-23)3-2-4-15(17)18(19,20)21/h2-6,8-9,11H,7,10H2,1H3,(H,22,24). The monoisotopic (exact) mass is 351 g/mol. The molecule has 0 bridgehead atoms. The molecular weight excluding hydrogens is 335 g/mol. The van der Waals surface area contributed by atoms with E-state index in [0.717, 1.165) is 17.7 Å². The van der Waals surface area contributed by atoms with Crippen LogP contribution >= 0.6 is 0 Å². The summed E-state index contributed by atoms with van der Waals surface area (Å²) in [5, 5.41) is 2.51. The van der Waals surface area contributed by atoms with Crippen LogP contribution in [0.2, 0.25) is 0 Å². The van der Waals surface area contributed by atoms with Gasteiger partial charge in [-0.3, -0.25) is 9.59 Å². The van der Waals surface area contributed by atoms with Crippen LogP contribution in [-0.4, -0.2) is 19.2 Å². The lowest BCUT2D eigenvalue weighted by Crippen LogP contribution is -2.17. The van der Waals surface area contributed by atoms with E-state index >= 15 is 0 Å². The van der Waals surface area contributed by atoms with Crippen LogP contribution in [-0.2, 0) is 17.4 Å². The van der Waals surface area contributed by atoms with Gasteiger partial charge in [0.25, 0.3) is 0 Å². The maximum absolute atomic E-state index is 13.1. The van der Waals surface area contributed by atoms with Crippen molar-refractivity contribution < 1.29 is 27.5 Å². The van der Waals surface area contributed by atoms with E-state index in [1.165, 1.54) is 18.2 Å². The van der Waals surface area contributed by atoms with Gasteiger partial charge >= 0.3 is 6.18 Å². The van der Waals surface area contributed by atoms with Crippen LogP contribution in [0.25, 0.3) is 0 Å². The molecule has 0 heterocycles. The van der Waals surface area contributed by atoms with Gasteiger partial charge in [0.2, 0.25) is 5.91 Å². The fourth-order valence-corrected chi connectivity index (χ4v) is 2.21. The van der Waals surface area contributed by atoms with Gasteiger partial charge in [0.1, 0.15) is 11.5 Å². The third-order valence-electron chi connectivity index (χ3n) is 3.54. The van der Waals surface area contributed by atoms with E-state index in [4.69, 9.17) is 4.74 Å². The molecule has 4 nitrogen and oxygen atoms in total. The molecule has 2 aromatic carbocycles.